The molecule has 1 unspecified atom stereocenters. The van der Waals surface area contributed by atoms with Crippen LogP contribution in [0.1, 0.15) is 20.3 Å². The van der Waals surface area contributed by atoms with E-state index in [0.29, 0.717) is 19.5 Å². The van der Waals surface area contributed by atoms with Crippen LogP contribution in [0, 0.1) is 5.41 Å². The first-order chi connectivity index (χ1) is 7.84. The summed E-state index contributed by atoms with van der Waals surface area (Å²) in [4.78, 5) is 0. The fraction of sp³-hybridized carbons (Fsp3) is 0.636. The summed E-state index contributed by atoms with van der Waals surface area (Å²) in [5.41, 5.74) is 5.78. The predicted octanol–water partition coefficient (Wildman–Crippen LogP) is 1.45. The van der Waals surface area contributed by atoms with Gasteiger partial charge in [0, 0.05) is 19.1 Å². The number of nitrogens with two attached hydrogens (primary N) is 1. The molecule has 1 aromatic rings. The fourth-order valence-corrected chi connectivity index (χ4v) is 3.60. The molecular formula is C11H19ClN2O3S. The predicted molar refractivity (Wildman–Crippen MR) is 71.1 cm³/mol. The van der Waals surface area contributed by atoms with Crippen LogP contribution in [0.2, 0.25) is 0 Å². The molecule has 0 aliphatic carbocycles. The molecule has 2 heterocycles. The van der Waals surface area contributed by atoms with E-state index in [1.165, 1.54) is 16.6 Å². The number of furan rings is 1. The van der Waals surface area contributed by atoms with E-state index in [1.807, 2.05) is 13.8 Å². The first kappa shape index (κ1) is 15.5. The molecule has 0 aromatic carbocycles. The van der Waals surface area contributed by atoms with Crippen molar-refractivity contribution in [3.63, 3.8) is 0 Å². The van der Waals surface area contributed by atoms with Crippen molar-refractivity contribution in [2.24, 2.45) is 11.1 Å². The summed E-state index contributed by atoms with van der Waals surface area (Å²) in [6.45, 7) is 4.85. The van der Waals surface area contributed by atoms with Gasteiger partial charge < -0.3 is 10.2 Å². The van der Waals surface area contributed by atoms with Crippen molar-refractivity contribution in [3.05, 3.63) is 18.4 Å². The number of sulfonamides is 1. The van der Waals surface area contributed by atoms with Crippen LogP contribution in [-0.4, -0.2) is 31.9 Å². The SMILES string of the molecule is CC1(C)CN(S(=O)(=O)c2ccco2)CCC1N.Cl. The topological polar surface area (TPSA) is 76.5 Å². The molecule has 104 valence electrons. The molecule has 0 bridgehead atoms. The number of halogens is 1. The van der Waals surface area contributed by atoms with Gasteiger partial charge >= 0.3 is 0 Å². The maximum absolute atomic E-state index is 12.2. The molecule has 1 aliphatic heterocycles. The summed E-state index contributed by atoms with van der Waals surface area (Å²) in [7, 11) is -3.50. The molecule has 0 saturated carbocycles. The lowest BCUT2D eigenvalue weighted by molar-refractivity contribution is 0.154. The second-order valence-corrected chi connectivity index (χ2v) is 7.02. The quantitative estimate of drug-likeness (QED) is 0.895. The first-order valence-electron chi connectivity index (χ1n) is 5.63. The van der Waals surface area contributed by atoms with E-state index in [9.17, 15) is 8.42 Å². The summed E-state index contributed by atoms with van der Waals surface area (Å²) in [6, 6.07) is 3.08. The lowest BCUT2D eigenvalue weighted by Crippen LogP contribution is -2.53. The van der Waals surface area contributed by atoms with Gasteiger partial charge in [0.1, 0.15) is 0 Å². The van der Waals surface area contributed by atoms with E-state index < -0.39 is 10.0 Å². The Labute approximate surface area is 114 Å². The lowest BCUT2D eigenvalue weighted by atomic mass is 9.81. The van der Waals surface area contributed by atoms with Crippen LogP contribution in [0.15, 0.2) is 27.9 Å². The normalized spacial score (nSPS) is 24.5. The zero-order chi connectivity index (χ0) is 12.7. The van der Waals surface area contributed by atoms with Gasteiger partial charge in [-0.2, -0.15) is 4.31 Å². The van der Waals surface area contributed by atoms with Crippen LogP contribution in [0.25, 0.3) is 0 Å². The Morgan fingerprint density at radius 3 is 2.67 bits per heavy atom. The average molecular weight is 295 g/mol. The number of hydrogen-bond acceptors (Lipinski definition) is 4. The maximum atomic E-state index is 12.2. The number of nitrogens with zero attached hydrogens (tertiary/aromatic N) is 1. The zero-order valence-electron chi connectivity index (χ0n) is 10.5. The monoisotopic (exact) mass is 294 g/mol. The van der Waals surface area contributed by atoms with Gasteiger partial charge in [-0.05, 0) is 24.0 Å². The van der Waals surface area contributed by atoms with Gasteiger partial charge in [0.15, 0.2) is 0 Å². The molecule has 2 N–H and O–H groups in total. The lowest BCUT2D eigenvalue weighted by Gasteiger charge is -2.41. The van der Waals surface area contributed by atoms with Gasteiger partial charge in [-0.1, -0.05) is 13.8 Å². The Kier molecular flexibility index (Phi) is 4.48. The Balaban J connectivity index is 0.00000162. The molecular weight excluding hydrogens is 276 g/mol. The van der Waals surface area contributed by atoms with Gasteiger partial charge in [0.05, 0.1) is 6.26 Å². The molecule has 1 aliphatic rings. The molecule has 1 saturated heterocycles. The van der Waals surface area contributed by atoms with Crippen LogP contribution in [-0.2, 0) is 10.0 Å². The Hall–Kier alpha value is -0.560. The van der Waals surface area contributed by atoms with E-state index in [0.717, 1.165) is 0 Å². The smallest absolute Gasteiger partial charge is 0.276 e. The van der Waals surface area contributed by atoms with Crippen LogP contribution >= 0.6 is 12.4 Å². The van der Waals surface area contributed by atoms with Crippen molar-refractivity contribution >= 4 is 22.4 Å². The highest BCUT2D eigenvalue weighted by atomic mass is 35.5. The van der Waals surface area contributed by atoms with E-state index >= 15 is 0 Å². The summed E-state index contributed by atoms with van der Waals surface area (Å²) < 4.78 is 30.9. The minimum atomic E-state index is -3.50. The molecule has 0 radical (unpaired) electrons. The first-order valence-corrected chi connectivity index (χ1v) is 7.07. The molecule has 5 nitrogen and oxygen atoms in total. The molecule has 18 heavy (non-hydrogen) atoms. The average Bonchev–Trinajstić information content (AvgIpc) is 2.75. The number of hydrogen-bond donors (Lipinski definition) is 1. The molecule has 1 fully saturated rings. The van der Waals surface area contributed by atoms with Crippen molar-refractivity contribution in [1.29, 1.82) is 0 Å². The molecule has 1 aromatic heterocycles. The summed E-state index contributed by atoms with van der Waals surface area (Å²) in [6.07, 6.45) is 2.04. The highest BCUT2D eigenvalue weighted by molar-refractivity contribution is 7.89. The largest absolute Gasteiger partial charge is 0.452 e. The van der Waals surface area contributed by atoms with E-state index in [-0.39, 0.29) is 29.0 Å². The minimum absolute atomic E-state index is 0. The molecule has 0 amide bonds. The van der Waals surface area contributed by atoms with Gasteiger partial charge in [-0.15, -0.1) is 12.4 Å². The van der Waals surface area contributed by atoms with Crippen molar-refractivity contribution in [3.8, 4) is 0 Å². The van der Waals surface area contributed by atoms with Gasteiger partial charge in [-0.3, -0.25) is 0 Å². The van der Waals surface area contributed by atoms with Crippen LogP contribution in [0.5, 0.6) is 0 Å². The van der Waals surface area contributed by atoms with Crippen LogP contribution in [0.3, 0.4) is 0 Å². The summed E-state index contributed by atoms with van der Waals surface area (Å²) in [5.74, 6) is 0. The van der Waals surface area contributed by atoms with Crippen LogP contribution in [0.4, 0.5) is 0 Å². The third-order valence-electron chi connectivity index (χ3n) is 3.37. The van der Waals surface area contributed by atoms with E-state index in [2.05, 4.69) is 0 Å². The maximum Gasteiger partial charge on any atom is 0.276 e. The molecule has 7 heteroatoms. The summed E-state index contributed by atoms with van der Waals surface area (Å²) in [5, 5.41) is 0.00349. The van der Waals surface area contributed by atoms with Gasteiger partial charge in [-0.25, -0.2) is 8.42 Å². The van der Waals surface area contributed by atoms with Crippen molar-refractivity contribution in [2.75, 3.05) is 13.1 Å². The number of piperidine rings is 1. The number of rotatable bonds is 2. The van der Waals surface area contributed by atoms with E-state index in [4.69, 9.17) is 10.2 Å². The van der Waals surface area contributed by atoms with Crippen molar-refractivity contribution < 1.29 is 12.8 Å². The van der Waals surface area contributed by atoms with E-state index in [1.54, 1.807) is 6.07 Å². The third-order valence-corrected chi connectivity index (χ3v) is 5.10. The molecule has 2 rings (SSSR count). The van der Waals surface area contributed by atoms with Crippen molar-refractivity contribution in [1.82, 2.24) is 4.31 Å². The highest BCUT2D eigenvalue weighted by Gasteiger charge is 2.39. The zero-order valence-corrected chi connectivity index (χ0v) is 12.1. The Bertz CT molecular complexity index is 484. The Morgan fingerprint density at radius 2 is 2.17 bits per heavy atom. The molecule has 0 spiro atoms. The van der Waals surface area contributed by atoms with Gasteiger partial charge in [0.25, 0.3) is 10.0 Å². The standard InChI is InChI=1S/C11H18N2O3S.ClH/c1-11(2)8-13(6-5-9(11)12)17(14,15)10-4-3-7-16-10;/h3-4,7,9H,5-6,8,12H2,1-2H3;1H. The second kappa shape index (κ2) is 5.21. The third kappa shape index (κ3) is 2.71. The second-order valence-electron chi connectivity index (χ2n) is 5.15. The van der Waals surface area contributed by atoms with Crippen LogP contribution < -0.4 is 5.73 Å². The van der Waals surface area contributed by atoms with Crippen molar-refractivity contribution in [2.45, 2.75) is 31.4 Å². The molecule has 1 atom stereocenters. The fourth-order valence-electron chi connectivity index (χ4n) is 2.07. The van der Waals surface area contributed by atoms with Gasteiger partial charge in [0.2, 0.25) is 5.09 Å². The highest BCUT2D eigenvalue weighted by Crippen LogP contribution is 2.31. The minimum Gasteiger partial charge on any atom is -0.452 e. The Morgan fingerprint density at radius 1 is 1.50 bits per heavy atom. The summed E-state index contributed by atoms with van der Waals surface area (Å²) >= 11 is 0.